The maximum atomic E-state index is 12.1. The van der Waals surface area contributed by atoms with Gasteiger partial charge in [-0.25, -0.2) is 4.79 Å². The van der Waals surface area contributed by atoms with Gasteiger partial charge >= 0.3 is 11.7 Å². The number of nitro groups is 1. The molecule has 0 atom stereocenters. The minimum absolute atomic E-state index is 0.0145. The molecule has 2 aromatic rings. The van der Waals surface area contributed by atoms with Crippen LogP contribution < -0.4 is 14.8 Å². The molecule has 1 N–H and O–H groups in total. The van der Waals surface area contributed by atoms with E-state index in [1.807, 2.05) is 18.2 Å². The van der Waals surface area contributed by atoms with Crippen molar-refractivity contribution in [2.24, 2.45) is 0 Å². The van der Waals surface area contributed by atoms with E-state index < -0.39 is 23.4 Å². The van der Waals surface area contributed by atoms with Crippen LogP contribution in [0.1, 0.15) is 23.1 Å². The summed E-state index contributed by atoms with van der Waals surface area (Å²) in [7, 11) is 1.30. The average molecular weight is 414 g/mol. The number of nitro benzene ring substituents is 1. The quantitative estimate of drug-likeness (QED) is 0.401. The second-order valence-electron chi connectivity index (χ2n) is 6.88. The highest BCUT2D eigenvalue weighted by atomic mass is 16.6. The second-order valence-corrected chi connectivity index (χ2v) is 6.88. The first kappa shape index (κ1) is 21.1. The number of hydrogen-bond donors (Lipinski definition) is 1. The number of ether oxygens (including phenoxy) is 3. The highest BCUT2D eigenvalue weighted by Gasteiger charge is 2.19. The Bertz CT molecular complexity index is 988. The first-order valence-electron chi connectivity index (χ1n) is 9.40. The SMILES string of the molecule is COc1cc(NC(=O)COC(=O)COc2ccc3c(c2)CCC3)c(C)cc1[N+](=O)[O-]. The number of nitrogens with one attached hydrogen (secondary N) is 1. The highest BCUT2D eigenvalue weighted by Crippen LogP contribution is 2.32. The predicted molar refractivity (Wildman–Crippen MR) is 108 cm³/mol. The number of carbonyl (C=O) groups is 2. The molecule has 2 aromatic carbocycles. The van der Waals surface area contributed by atoms with Crippen LogP contribution in [0.25, 0.3) is 0 Å². The first-order valence-corrected chi connectivity index (χ1v) is 9.40. The Morgan fingerprint density at radius 2 is 1.90 bits per heavy atom. The number of aryl methyl sites for hydroxylation is 3. The minimum Gasteiger partial charge on any atom is -0.490 e. The summed E-state index contributed by atoms with van der Waals surface area (Å²) in [5.41, 5.74) is 3.13. The third-order valence-electron chi connectivity index (χ3n) is 4.79. The number of hydrogen-bond acceptors (Lipinski definition) is 7. The van der Waals surface area contributed by atoms with Gasteiger partial charge < -0.3 is 19.5 Å². The summed E-state index contributed by atoms with van der Waals surface area (Å²) in [4.78, 5) is 34.4. The van der Waals surface area contributed by atoms with Crippen molar-refractivity contribution in [2.75, 3.05) is 25.6 Å². The molecule has 0 saturated heterocycles. The van der Waals surface area contributed by atoms with E-state index in [1.54, 1.807) is 6.92 Å². The zero-order valence-corrected chi connectivity index (χ0v) is 16.7. The molecule has 0 bridgehead atoms. The minimum atomic E-state index is -0.677. The summed E-state index contributed by atoms with van der Waals surface area (Å²) >= 11 is 0. The molecule has 9 heteroatoms. The third kappa shape index (κ3) is 5.05. The van der Waals surface area contributed by atoms with E-state index >= 15 is 0 Å². The molecule has 158 valence electrons. The standard InChI is InChI=1S/C21H22N2O7/c1-13-8-18(23(26)27)19(28-2)10-17(13)22-20(24)11-30-21(25)12-29-16-7-6-14-4-3-5-15(14)9-16/h6-10H,3-5,11-12H2,1-2H3,(H,22,24). The van der Waals surface area contributed by atoms with Crippen molar-refractivity contribution in [2.45, 2.75) is 26.2 Å². The Morgan fingerprint density at radius 1 is 1.13 bits per heavy atom. The molecule has 0 heterocycles. The molecule has 9 nitrogen and oxygen atoms in total. The fourth-order valence-corrected chi connectivity index (χ4v) is 3.27. The van der Waals surface area contributed by atoms with Gasteiger partial charge in [0.05, 0.1) is 12.0 Å². The number of amides is 1. The van der Waals surface area contributed by atoms with Crippen LogP contribution in [-0.4, -0.2) is 37.1 Å². The largest absolute Gasteiger partial charge is 0.490 e. The highest BCUT2D eigenvalue weighted by molar-refractivity contribution is 5.94. The summed E-state index contributed by atoms with van der Waals surface area (Å²) in [5.74, 6) is -0.658. The molecule has 0 spiro atoms. The summed E-state index contributed by atoms with van der Waals surface area (Å²) in [5, 5.41) is 13.6. The molecule has 0 unspecified atom stereocenters. The molecule has 1 aliphatic rings. The zero-order valence-electron chi connectivity index (χ0n) is 16.7. The van der Waals surface area contributed by atoms with Crippen LogP contribution in [0.4, 0.5) is 11.4 Å². The number of benzene rings is 2. The first-order chi connectivity index (χ1) is 14.4. The molecule has 0 fully saturated rings. The Balaban J connectivity index is 1.49. The number of carbonyl (C=O) groups excluding carboxylic acids is 2. The molecule has 1 amide bonds. The molecule has 0 aliphatic heterocycles. The fourth-order valence-electron chi connectivity index (χ4n) is 3.27. The van der Waals surface area contributed by atoms with Crippen molar-refractivity contribution in [3.63, 3.8) is 0 Å². The van der Waals surface area contributed by atoms with E-state index in [-0.39, 0.29) is 18.0 Å². The fraction of sp³-hybridized carbons (Fsp3) is 0.333. The summed E-state index contributed by atoms with van der Waals surface area (Å²) in [6.45, 7) is 0.792. The predicted octanol–water partition coefficient (Wildman–Crippen LogP) is 2.96. The van der Waals surface area contributed by atoms with Gasteiger partial charge in [-0.05, 0) is 55.0 Å². The molecule has 0 aromatic heterocycles. The van der Waals surface area contributed by atoms with Crippen LogP contribution in [0, 0.1) is 17.0 Å². The van der Waals surface area contributed by atoms with Crippen LogP contribution >= 0.6 is 0 Å². The Labute approximate surface area is 173 Å². The topological polar surface area (TPSA) is 117 Å². The number of esters is 1. The van der Waals surface area contributed by atoms with Crippen LogP contribution in [0.15, 0.2) is 30.3 Å². The smallest absolute Gasteiger partial charge is 0.344 e. The number of anilines is 1. The van der Waals surface area contributed by atoms with E-state index in [4.69, 9.17) is 14.2 Å². The summed E-state index contributed by atoms with van der Waals surface area (Å²) < 4.78 is 15.4. The Kier molecular flexibility index (Phi) is 6.51. The third-order valence-corrected chi connectivity index (χ3v) is 4.79. The summed E-state index contributed by atoms with van der Waals surface area (Å²) in [6.07, 6.45) is 3.19. The molecule has 30 heavy (non-hydrogen) atoms. The van der Waals surface area contributed by atoms with Gasteiger partial charge in [0, 0.05) is 17.8 Å². The van der Waals surface area contributed by atoms with Gasteiger partial charge in [-0.1, -0.05) is 6.07 Å². The summed E-state index contributed by atoms with van der Waals surface area (Å²) in [6, 6.07) is 8.38. The van der Waals surface area contributed by atoms with Crippen molar-refractivity contribution in [3.05, 3.63) is 57.1 Å². The lowest BCUT2D eigenvalue weighted by molar-refractivity contribution is -0.385. The van der Waals surface area contributed by atoms with Crippen molar-refractivity contribution in [1.29, 1.82) is 0 Å². The lowest BCUT2D eigenvalue weighted by atomic mass is 10.1. The van der Waals surface area contributed by atoms with Crippen LogP contribution in [0.5, 0.6) is 11.5 Å². The molecule has 3 rings (SSSR count). The van der Waals surface area contributed by atoms with Gasteiger partial charge in [0.2, 0.25) is 0 Å². The van der Waals surface area contributed by atoms with Gasteiger partial charge in [-0.15, -0.1) is 0 Å². The van der Waals surface area contributed by atoms with Gasteiger partial charge in [0.15, 0.2) is 19.0 Å². The molecule has 0 radical (unpaired) electrons. The molecule has 0 saturated carbocycles. The average Bonchev–Trinajstić information content (AvgIpc) is 3.19. The molecule has 1 aliphatic carbocycles. The van der Waals surface area contributed by atoms with Crippen LogP contribution in [0.3, 0.4) is 0 Å². The van der Waals surface area contributed by atoms with Gasteiger partial charge in [-0.2, -0.15) is 0 Å². The number of methoxy groups -OCH3 is 1. The van der Waals surface area contributed by atoms with E-state index in [0.717, 1.165) is 19.3 Å². The Morgan fingerprint density at radius 3 is 2.63 bits per heavy atom. The maximum absolute atomic E-state index is 12.1. The van der Waals surface area contributed by atoms with E-state index in [2.05, 4.69) is 5.32 Å². The van der Waals surface area contributed by atoms with Crippen molar-refractivity contribution in [1.82, 2.24) is 0 Å². The van der Waals surface area contributed by atoms with Crippen molar-refractivity contribution < 1.29 is 28.7 Å². The zero-order chi connectivity index (χ0) is 21.7. The van der Waals surface area contributed by atoms with Crippen LogP contribution in [0.2, 0.25) is 0 Å². The lowest BCUT2D eigenvalue weighted by Crippen LogP contribution is -2.24. The van der Waals surface area contributed by atoms with Crippen molar-refractivity contribution in [3.8, 4) is 11.5 Å². The van der Waals surface area contributed by atoms with Gasteiger partial charge in [0.1, 0.15) is 5.75 Å². The Hall–Kier alpha value is -3.62. The van der Waals surface area contributed by atoms with Crippen molar-refractivity contribution >= 4 is 23.3 Å². The normalized spacial score (nSPS) is 12.1. The molecular weight excluding hydrogens is 392 g/mol. The maximum Gasteiger partial charge on any atom is 0.344 e. The monoisotopic (exact) mass is 414 g/mol. The van der Waals surface area contributed by atoms with Gasteiger partial charge in [-0.3, -0.25) is 14.9 Å². The lowest BCUT2D eigenvalue weighted by Gasteiger charge is -2.11. The second kappa shape index (κ2) is 9.25. The number of rotatable bonds is 8. The van der Waals surface area contributed by atoms with Crippen LogP contribution in [-0.2, 0) is 27.2 Å². The van der Waals surface area contributed by atoms with E-state index in [9.17, 15) is 19.7 Å². The van der Waals surface area contributed by atoms with E-state index in [1.165, 1.54) is 30.4 Å². The molecular formula is C21H22N2O7. The van der Waals surface area contributed by atoms with E-state index in [0.29, 0.717) is 17.0 Å². The number of nitrogens with zero attached hydrogens (tertiary/aromatic N) is 1. The number of fused-ring (bicyclic) bond motifs is 1. The van der Waals surface area contributed by atoms with Gasteiger partial charge in [0.25, 0.3) is 5.91 Å².